The predicted octanol–water partition coefficient (Wildman–Crippen LogP) is 5.81. The van der Waals surface area contributed by atoms with Crippen LogP contribution in [-0.4, -0.2) is 0 Å². The summed E-state index contributed by atoms with van der Waals surface area (Å²) in [5.74, 6) is 0. The summed E-state index contributed by atoms with van der Waals surface area (Å²) < 4.78 is 4.09. The molecule has 0 aliphatic heterocycles. The zero-order valence-electron chi connectivity index (χ0n) is 9.48. The van der Waals surface area contributed by atoms with Crippen LogP contribution >= 0.6 is 33.9 Å². The minimum atomic E-state index is 1.30. The summed E-state index contributed by atoms with van der Waals surface area (Å²) in [5, 5.41) is 5.45. The molecule has 0 aliphatic carbocycles. The first kappa shape index (κ1) is 10.8. The Labute approximate surface area is 122 Å². The molecule has 0 radical (unpaired) electrons. The van der Waals surface area contributed by atoms with E-state index in [1.54, 1.807) is 0 Å². The summed E-state index contributed by atoms with van der Waals surface area (Å²) in [6.45, 7) is 0. The van der Waals surface area contributed by atoms with Gasteiger partial charge in [-0.2, -0.15) is 0 Å². The second-order valence-electron chi connectivity index (χ2n) is 4.41. The third kappa shape index (κ3) is 1.49. The van der Waals surface area contributed by atoms with Crippen LogP contribution in [0.2, 0.25) is 0 Å². The van der Waals surface area contributed by atoms with Gasteiger partial charge in [0.25, 0.3) is 0 Å². The number of hydrogen-bond donors (Lipinski definition) is 0. The molecule has 0 atom stereocenters. The van der Waals surface area contributed by atoms with Crippen LogP contribution < -0.4 is 0 Å². The van der Waals surface area contributed by atoms with E-state index in [1.165, 1.54) is 34.5 Å². The normalized spacial score (nSPS) is 11.6. The van der Waals surface area contributed by atoms with E-state index in [2.05, 4.69) is 77.2 Å². The van der Waals surface area contributed by atoms with Gasteiger partial charge in [-0.25, -0.2) is 0 Å². The Bertz CT molecular complexity index is 889. The second-order valence-corrected chi connectivity index (χ2v) is 6.70. The van der Waals surface area contributed by atoms with Crippen LogP contribution in [0.25, 0.3) is 30.9 Å². The molecule has 4 aromatic rings. The summed E-state index contributed by atoms with van der Waals surface area (Å²) >= 11 is 4.28. The summed E-state index contributed by atoms with van der Waals surface area (Å²) in [6, 6.07) is 19.8. The van der Waals surface area contributed by atoms with Crippen molar-refractivity contribution in [1.82, 2.24) is 0 Å². The molecule has 4 rings (SSSR count). The number of hydrogen-bond acceptors (Lipinski definition) is 1. The van der Waals surface area contributed by atoms with Crippen molar-refractivity contribution in [3.05, 3.63) is 58.2 Å². The molecule has 0 unspecified atom stereocenters. The standard InChI is InChI=1S/C16H9IS/c17-11-6-8-13-14-7-5-10-3-1-2-4-12(10)16(14)18-15(13)9-11/h1-9H. The van der Waals surface area contributed by atoms with Gasteiger partial charge in [0.15, 0.2) is 0 Å². The summed E-state index contributed by atoms with van der Waals surface area (Å²) in [7, 11) is 0. The molecule has 0 bridgehead atoms. The minimum absolute atomic E-state index is 1.30. The SMILES string of the molecule is Ic1ccc2c(c1)sc1c3ccccc3ccc21. The van der Waals surface area contributed by atoms with Gasteiger partial charge in [-0.05, 0) is 45.5 Å². The van der Waals surface area contributed by atoms with E-state index in [4.69, 9.17) is 0 Å². The highest BCUT2D eigenvalue weighted by atomic mass is 127. The molecule has 0 N–H and O–H groups in total. The Kier molecular flexibility index (Phi) is 2.35. The first-order valence-corrected chi connectivity index (χ1v) is 7.72. The molecular formula is C16H9IS. The van der Waals surface area contributed by atoms with Crippen LogP contribution in [0.15, 0.2) is 54.6 Å². The minimum Gasteiger partial charge on any atom is -0.134 e. The second kappa shape index (κ2) is 3.93. The molecule has 18 heavy (non-hydrogen) atoms. The zero-order valence-corrected chi connectivity index (χ0v) is 12.5. The third-order valence-electron chi connectivity index (χ3n) is 3.33. The van der Waals surface area contributed by atoms with Crippen LogP contribution in [0.3, 0.4) is 0 Å². The van der Waals surface area contributed by atoms with Crippen molar-refractivity contribution in [2.24, 2.45) is 0 Å². The van der Waals surface area contributed by atoms with Crippen molar-refractivity contribution in [2.45, 2.75) is 0 Å². The van der Waals surface area contributed by atoms with Gasteiger partial charge in [0.2, 0.25) is 0 Å². The smallest absolute Gasteiger partial charge is 0.0433 e. The van der Waals surface area contributed by atoms with Crippen molar-refractivity contribution < 1.29 is 0 Å². The molecular weight excluding hydrogens is 351 g/mol. The highest BCUT2D eigenvalue weighted by Crippen LogP contribution is 2.38. The lowest BCUT2D eigenvalue weighted by atomic mass is 10.1. The zero-order chi connectivity index (χ0) is 12.1. The summed E-state index contributed by atoms with van der Waals surface area (Å²) in [5.41, 5.74) is 0. The van der Waals surface area contributed by atoms with Crippen LogP contribution in [0, 0.1) is 3.57 Å². The molecule has 0 saturated carbocycles. The maximum atomic E-state index is 2.38. The molecule has 1 heterocycles. The molecule has 0 saturated heterocycles. The van der Waals surface area contributed by atoms with E-state index in [9.17, 15) is 0 Å². The molecule has 0 aliphatic rings. The molecule has 0 spiro atoms. The highest BCUT2D eigenvalue weighted by molar-refractivity contribution is 14.1. The number of benzene rings is 3. The van der Waals surface area contributed by atoms with Gasteiger partial charge < -0.3 is 0 Å². The number of fused-ring (bicyclic) bond motifs is 5. The van der Waals surface area contributed by atoms with Gasteiger partial charge >= 0.3 is 0 Å². The molecule has 2 heteroatoms. The topological polar surface area (TPSA) is 0 Å². The monoisotopic (exact) mass is 360 g/mol. The number of thiophene rings is 1. The summed E-state index contributed by atoms with van der Waals surface area (Å²) in [4.78, 5) is 0. The Balaban J connectivity index is 2.29. The average molecular weight is 360 g/mol. The lowest BCUT2D eigenvalue weighted by Gasteiger charge is -1.98. The molecule has 0 amide bonds. The lowest BCUT2D eigenvalue weighted by Crippen LogP contribution is -1.72. The Hall–Kier alpha value is -1.13. The van der Waals surface area contributed by atoms with Gasteiger partial charge in [-0.15, -0.1) is 11.3 Å². The Morgan fingerprint density at radius 2 is 1.61 bits per heavy atom. The predicted molar refractivity (Wildman–Crippen MR) is 89.6 cm³/mol. The Morgan fingerprint density at radius 1 is 0.778 bits per heavy atom. The van der Waals surface area contributed by atoms with Gasteiger partial charge in [0.1, 0.15) is 0 Å². The van der Waals surface area contributed by atoms with E-state index in [0.29, 0.717) is 0 Å². The van der Waals surface area contributed by atoms with E-state index >= 15 is 0 Å². The van der Waals surface area contributed by atoms with Crippen molar-refractivity contribution in [2.75, 3.05) is 0 Å². The largest absolute Gasteiger partial charge is 0.134 e. The molecule has 86 valence electrons. The maximum absolute atomic E-state index is 2.38. The van der Waals surface area contributed by atoms with Gasteiger partial charge in [0, 0.05) is 23.7 Å². The fraction of sp³-hybridized carbons (Fsp3) is 0. The van der Waals surface area contributed by atoms with Crippen LogP contribution in [0.1, 0.15) is 0 Å². The fourth-order valence-corrected chi connectivity index (χ4v) is 4.46. The van der Waals surface area contributed by atoms with E-state index in [-0.39, 0.29) is 0 Å². The first-order valence-electron chi connectivity index (χ1n) is 5.82. The van der Waals surface area contributed by atoms with E-state index in [0.717, 1.165) is 0 Å². The van der Waals surface area contributed by atoms with Gasteiger partial charge in [-0.1, -0.05) is 42.5 Å². The van der Waals surface area contributed by atoms with Crippen LogP contribution in [0.5, 0.6) is 0 Å². The Morgan fingerprint density at radius 3 is 2.56 bits per heavy atom. The van der Waals surface area contributed by atoms with Gasteiger partial charge in [0.05, 0.1) is 0 Å². The molecule has 0 nitrogen and oxygen atoms in total. The lowest BCUT2D eigenvalue weighted by molar-refractivity contribution is 1.77. The fourth-order valence-electron chi connectivity index (χ4n) is 2.48. The number of rotatable bonds is 0. The van der Waals surface area contributed by atoms with Crippen molar-refractivity contribution >= 4 is 64.9 Å². The quantitative estimate of drug-likeness (QED) is 0.347. The van der Waals surface area contributed by atoms with E-state index < -0.39 is 0 Å². The number of halogens is 1. The molecule has 0 fully saturated rings. The molecule has 1 aromatic heterocycles. The average Bonchev–Trinajstić information content (AvgIpc) is 2.76. The van der Waals surface area contributed by atoms with Crippen molar-refractivity contribution in [3.63, 3.8) is 0 Å². The maximum Gasteiger partial charge on any atom is 0.0433 e. The van der Waals surface area contributed by atoms with Crippen LogP contribution in [-0.2, 0) is 0 Å². The van der Waals surface area contributed by atoms with E-state index in [1.807, 2.05) is 11.3 Å². The third-order valence-corrected chi connectivity index (χ3v) is 5.20. The van der Waals surface area contributed by atoms with Gasteiger partial charge in [-0.3, -0.25) is 0 Å². The summed E-state index contributed by atoms with van der Waals surface area (Å²) in [6.07, 6.45) is 0. The molecule has 3 aromatic carbocycles. The van der Waals surface area contributed by atoms with Crippen molar-refractivity contribution in [3.8, 4) is 0 Å². The van der Waals surface area contributed by atoms with Crippen LogP contribution in [0.4, 0.5) is 0 Å². The first-order chi connectivity index (χ1) is 8.83. The van der Waals surface area contributed by atoms with Crippen molar-refractivity contribution in [1.29, 1.82) is 0 Å². The highest BCUT2D eigenvalue weighted by Gasteiger charge is 2.07.